The maximum absolute atomic E-state index is 6.14. The van der Waals surface area contributed by atoms with Crippen LogP contribution in [0, 0.1) is 6.92 Å². The van der Waals surface area contributed by atoms with E-state index in [0.717, 1.165) is 12.3 Å². The number of rotatable bonds is 5. The monoisotopic (exact) mass is 276 g/mol. The zero-order valence-electron chi connectivity index (χ0n) is 13.1. The second-order valence-electron chi connectivity index (χ2n) is 5.78. The molecular formula is C17H28N2O. The highest BCUT2D eigenvalue weighted by molar-refractivity contribution is 5.40. The second kappa shape index (κ2) is 7.09. The molecule has 2 atom stereocenters. The van der Waals surface area contributed by atoms with Gasteiger partial charge in [-0.25, -0.2) is 0 Å². The van der Waals surface area contributed by atoms with E-state index in [1.807, 2.05) is 0 Å². The predicted octanol–water partition coefficient (Wildman–Crippen LogP) is 2.92. The lowest BCUT2D eigenvalue weighted by Gasteiger charge is -2.40. The average molecular weight is 276 g/mol. The summed E-state index contributed by atoms with van der Waals surface area (Å²) in [6.45, 7) is 7.37. The standard InChI is InChI=1S/C17H28N2O/c1-4-19-10-6-5-7-16(19)15(12-18)14-11-13(2)8-9-17(14)20-3/h8-9,11,15-16H,4-7,10,12,18H2,1-3H3. The van der Waals surface area contributed by atoms with Crippen molar-refractivity contribution in [2.45, 2.75) is 45.1 Å². The third-order valence-corrected chi connectivity index (χ3v) is 4.57. The summed E-state index contributed by atoms with van der Waals surface area (Å²) in [6, 6.07) is 6.98. The number of piperidine rings is 1. The molecule has 3 heteroatoms. The molecule has 1 aromatic rings. The van der Waals surface area contributed by atoms with E-state index in [4.69, 9.17) is 10.5 Å². The zero-order chi connectivity index (χ0) is 14.5. The molecule has 1 saturated heterocycles. The van der Waals surface area contributed by atoms with Crippen LogP contribution in [0.3, 0.4) is 0 Å². The lowest BCUT2D eigenvalue weighted by Crippen LogP contribution is -2.45. The van der Waals surface area contributed by atoms with E-state index in [2.05, 4.69) is 36.9 Å². The van der Waals surface area contributed by atoms with E-state index in [1.54, 1.807) is 7.11 Å². The van der Waals surface area contributed by atoms with Gasteiger partial charge in [0.2, 0.25) is 0 Å². The number of likely N-dealkylation sites (N-methyl/N-ethyl adjacent to an activating group) is 1. The van der Waals surface area contributed by atoms with Crippen LogP contribution in [0.1, 0.15) is 43.2 Å². The van der Waals surface area contributed by atoms with Crippen LogP contribution in [0.2, 0.25) is 0 Å². The molecule has 1 aliphatic rings. The first-order valence-electron chi connectivity index (χ1n) is 7.79. The van der Waals surface area contributed by atoms with Gasteiger partial charge in [0.15, 0.2) is 0 Å². The van der Waals surface area contributed by atoms with Gasteiger partial charge in [-0.15, -0.1) is 0 Å². The number of ether oxygens (including phenoxy) is 1. The number of hydrogen-bond acceptors (Lipinski definition) is 3. The molecule has 0 radical (unpaired) electrons. The topological polar surface area (TPSA) is 38.5 Å². The third kappa shape index (κ3) is 3.15. The van der Waals surface area contributed by atoms with E-state index in [0.29, 0.717) is 18.5 Å². The summed E-state index contributed by atoms with van der Waals surface area (Å²) in [7, 11) is 1.75. The van der Waals surface area contributed by atoms with Crippen molar-refractivity contribution < 1.29 is 4.74 Å². The number of hydrogen-bond donors (Lipinski definition) is 1. The van der Waals surface area contributed by atoms with Gasteiger partial charge < -0.3 is 15.4 Å². The zero-order valence-corrected chi connectivity index (χ0v) is 13.1. The van der Waals surface area contributed by atoms with Crippen molar-refractivity contribution in [2.75, 3.05) is 26.7 Å². The van der Waals surface area contributed by atoms with Crippen LogP contribution in [0.25, 0.3) is 0 Å². The van der Waals surface area contributed by atoms with Crippen LogP contribution in [0.5, 0.6) is 5.75 Å². The van der Waals surface area contributed by atoms with E-state index < -0.39 is 0 Å². The van der Waals surface area contributed by atoms with Crippen LogP contribution < -0.4 is 10.5 Å². The van der Waals surface area contributed by atoms with Crippen LogP contribution in [0.15, 0.2) is 18.2 Å². The first-order chi connectivity index (χ1) is 9.71. The Labute approximate surface area is 123 Å². The minimum Gasteiger partial charge on any atom is -0.496 e. The molecule has 0 aliphatic carbocycles. The number of aryl methyl sites for hydroxylation is 1. The molecule has 20 heavy (non-hydrogen) atoms. The summed E-state index contributed by atoms with van der Waals surface area (Å²) in [5, 5.41) is 0. The normalized spacial score (nSPS) is 21.7. The number of methoxy groups -OCH3 is 1. The first kappa shape index (κ1) is 15.3. The Morgan fingerprint density at radius 1 is 1.40 bits per heavy atom. The molecule has 2 rings (SSSR count). The van der Waals surface area contributed by atoms with Crippen molar-refractivity contribution in [3.05, 3.63) is 29.3 Å². The van der Waals surface area contributed by atoms with Crippen molar-refractivity contribution in [3.63, 3.8) is 0 Å². The number of nitrogens with zero attached hydrogens (tertiary/aromatic N) is 1. The van der Waals surface area contributed by atoms with Gasteiger partial charge in [0, 0.05) is 24.1 Å². The van der Waals surface area contributed by atoms with Crippen LogP contribution in [-0.2, 0) is 0 Å². The Morgan fingerprint density at radius 2 is 2.20 bits per heavy atom. The molecule has 2 N–H and O–H groups in total. The van der Waals surface area contributed by atoms with E-state index >= 15 is 0 Å². The van der Waals surface area contributed by atoms with Crippen LogP contribution >= 0.6 is 0 Å². The molecular weight excluding hydrogens is 248 g/mol. The minimum absolute atomic E-state index is 0.366. The Morgan fingerprint density at radius 3 is 2.85 bits per heavy atom. The molecule has 112 valence electrons. The molecule has 0 amide bonds. The fraction of sp³-hybridized carbons (Fsp3) is 0.647. The molecule has 0 spiro atoms. The molecule has 2 unspecified atom stereocenters. The quantitative estimate of drug-likeness (QED) is 0.898. The summed E-state index contributed by atoms with van der Waals surface area (Å²) in [5.74, 6) is 1.35. The summed E-state index contributed by atoms with van der Waals surface area (Å²) < 4.78 is 5.57. The SMILES string of the molecule is CCN1CCCCC1C(CN)c1cc(C)ccc1OC. The lowest BCUT2D eigenvalue weighted by atomic mass is 9.84. The lowest BCUT2D eigenvalue weighted by molar-refractivity contribution is 0.133. The Bertz CT molecular complexity index is 433. The summed E-state index contributed by atoms with van der Waals surface area (Å²) in [4.78, 5) is 2.59. The highest BCUT2D eigenvalue weighted by Crippen LogP contribution is 2.35. The summed E-state index contributed by atoms with van der Waals surface area (Å²) in [5.41, 5.74) is 8.70. The van der Waals surface area contributed by atoms with Gasteiger partial charge in [-0.1, -0.05) is 31.0 Å². The van der Waals surface area contributed by atoms with Gasteiger partial charge >= 0.3 is 0 Å². The third-order valence-electron chi connectivity index (χ3n) is 4.57. The molecule has 1 aliphatic heterocycles. The minimum atomic E-state index is 0.366. The number of benzene rings is 1. The number of likely N-dealkylation sites (tertiary alicyclic amines) is 1. The second-order valence-corrected chi connectivity index (χ2v) is 5.78. The van der Waals surface area contributed by atoms with Gasteiger partial charge in [0.1, 0.15) is 5.75 Å². The van der Waals surface area contributed by atoms with E-state index in [9.17, 15) is 0 Å². The molecule has 3 nitrogen and oxygen atoms in total. The maximum atomic E-state index is 6.14. The molecule has 0 aromatic heterocycles. The molecule has 1 fully saturated rings. The Kier molecular flexibility index (Phi) is 5.44. The van der Waals surface area contributed by atoms with Gasteiger partial charge in [-0.2, -0.15) is 0 Å². The fourth-order valence-electron chi connectivity index (χ4n) is 3.50. The predicted molar refractivity (Wildman–Crippen MR) is 84.4 cm³/mol. The van der Waals surface area contributed by atoms with Gasteiger partial charge in [0.25, 0.3) is 0 Å². The van der Waals surface area contributed by atoms with Crippen LogP contribution in [0.4, 0.5) is 0 Å². The van der Waals surface area contributed by atoms with Gasteiger partial charge in [0.05, 0.1) is 7.11 Å². The van der Waals surface area contributed by atoms with Crippen molar-refractivity contribution in [3.8, 4) is 5.75 Å². The van der Waals surface area contributed by atoms with Gasteiger partial charge in [-0.05, 0) is 38.9 Å². The largest absolute Gasteiger partial charge is 0.496 e. The highest BCUT2D eigenvalue weighted by Gasteiger charge is 2.30. The highest BCUT2D eigenvalue weighted by atomic mass is 16.5. The van der Waals surface area contributed by atoms with Crippen molar-refractivity contribution in [1.29, 1.82) is 0 Å². The molecule has 1 aromatic carbocycles. The Hall–Kier alpha value is -1.06. The van der Waals surface area contributed by atoms with Crippen molar-refractivity contribution in [2.24, 2.45) is 5.73 Å². The van der Waals surface area contributed by atoms with Crippen molar-refractivity contribution >= 4 is 0 Å². The summed E-state index contributed by atoms with van der Waals surface area (Å²) >= 11 is 0. The summed E-state index contributed by atoms with van der Waals surface area (Å²) in [6.07, 6.45) is 3.87. The molecule has 0 saturated carbocycles. The Balaban J connectivity index is 2.33. The molecule has 1 heterocycles. The van der Waals surface area contributed by atoms with E-state index in [-0.39, 0.29) is 0 Å². The van der Waals surface area contributed by atoms with Crippen molar-refractivity contribution in [1.82, 2.24) is 4.90 Å². The fourth-order valence-corrected chi connectivity index (χ4v) is 3.50. The van der Waals surface area contributed by atoms with Gasteiger partial charge in [-0.3, -0.25) is 0 Å². The van der Waals surface area contributed by atoms with E-state index in [1.165, 1.54) is 36.9 Å². The first-order valence-corrected chi connectivity index (χ1v) is 7.79. The molecule has 0 bridgehead atoms. The number of nitrogens with two attached hydrogens (primary N) is 1. The average Bonchev–Trinajstić information content (AvgIpc) is 2.49. The maximum Gasteiger partial charge on any atom is 0.122 e. The smallest absolute Gasteiger partial charge is 0.122 e. The van der Waals surface area contributed by atoms with Crippen LogP contribution in [-0.4, -0.2) is 37.7 Å².